The third-order valence-corrected chi connectivity index (χ3v) is 2.95. The van der Waals surface area contributed by atoms with E-state index in [1.54, 1.807) is 12.1 Å². The highest BCUT2D eigenvalue weighted by Crippen LogP contribution is 2.13. The second-order valence-corrected chi connectivity index (χ2v) is 4.22. The molecule has 0 bridgehead atoms. The van der Waals surface area contributed by atoms with Crippen LogP contribution in [0, 0.1) is 12.7 Å². The Morgan fingerprint density at radius 1 is 1.28 bits per heavy atom. The van der Waals surface area contributed by atoms with Crippen molar-refractivity contribution < 1.29 is 4.39 Å². The Balaban J connectivity index is 2.66. The summed E-state index contributed by atoms with van der Waals surface area (Å²) >= 11 is 0. The Morgan fingerprint density at radius 3 is 2.44 bits per heavy atom. The molecule has 0 fully saturated rings. The van der Waals surface area contributed by atoms with Gasteiger partial charge in [0.2, 0.25) is 0 Å². The molecule has 2 aromatic rings. The van der Waals surface area contributed by atoms with Crippen LogP contribution in [-0.2, 0) is 6.54 Å². The van der Waals surface area contributed by atoms with Crippen molar-refractivity contribution in [3.63, 3.8) is 0 Å². The lowest BCUT2D eigenvalue weighted by atomic mass is 10.3. The van der Waals surface area contributed by atoms with Gasteiger partial charge in [-0.05, 0) is 37.6 Å². The van der Waals surface area contributed by atoms with Gasteiger partial charge in [-0.15, -0.1) is 0 Å². The first-order chi connectivity index (χ1) is 8.56. The number of rotatable bonds is 3. The van der Waals surface area contributed by atoms with Gasteiger partial charge >= 0.3 is 0 Å². The summed E-state index contributed by atoms with van der Waals surface area (Å²) < 4.78 is 16.2. The van der Waals surface area contributed by atoms with E-state index in [-0.39, 0.29) is 17.1 Å². The number of nitrogen functional groups attached to an aromatic ring is 1. The summed E-state index contributed by atoms with van der Waals surface area (Å²) in [5, 5.41) is 0. The van der Waals surface area contributed by atoms with Crippen LogP contribution in [0.25, 0.3) is 5.69 Å². The standard InChI is InChI=1S/C13H16FN3O/c1-3-8-16-9(2)12(15)13(18)17(16)11-6-4-10(14)5-7-11/h4-7H,3,8,15H2,1-2H3. The van der Waals surface area contributed by atoms with E-state index < -0.39 is 0 Å². The molecule has 2 rings (SSSR count). The first kappa shape index (κ1) is 12.4. The summed E-state index contributed by atoms with van der Waals surface area (Å²) in [5.41, 5.74) is 7.12. The lowest BCUT2D eigenvalue weighted by molar-refractivity contribution is 0.523. The van der Waals surface area contributed by atoms with E-state index in [9.17, 15) is 9.18 Å². The van der Waals surface area contributed by atoms with Gasteiger partial charge in [-0.2, -0.15) is 0 Å². The van der Waals surface area contributed by atoms with Crippen LogP contribution in [0.1, 0.15) is 19.0 Å². The average Bonchev–Trinajstić information content (AvgIpc) is 2.57. The molecule has 0 amide bonds. The molecular formula is C13H16FN3O. The first-order valence-electron chi connectivity index (χ1n) is 5.90. The molecule has 1 aromatic heterocycles. The summed E-state index contributed by atoms with van der Waals surface area (Å²) in [4.78, 5) is 12.1. The fraction of sp³-hybridized carbons (Fsp3) is 0.308. The highest BCUT2D eigenvalue weighted by atomic mass is 19.1. The Hall–Kier alpha value is -2.04. The maximum atomic E-state index is 12.9. The van der Waals surface area contributed by atoms with Gasteiger partial charge in [-0.1, -0.05) is 6.92 Å². The van der Waals surface area contributed by atoms with Gasteiger partial charge in [0.05, 0.1) is 11.4 Å². The van der Waals surface area contributed by atoms with E-state index in [0.717, 1.165) is 12.1 Å². The first-order valence-corrected chi connectivity index (χ1v) is 5.90. The predicted octanol–water partition coefficient (Wildman–Crippen LogP) is 2.08. The largest absolute Gasteiger partial charge is 0.393 e. The van der Waals surface area contributed by atoms with Crippen molar-refractivity contribution in [3.8, 4) is 5.69 Å². The third-order valence-electron chi connectivity index (χ3n) is 2.95. The van der Waals surface area contributed by atoms with Gasteiger partial charge in [-0.3, -0.25) is 9.48 Å². The third kappa shape index (κ3) is 1.92. The molecule has 0 saturated heterocycles. The van der Waals surface area contributed by atoms with Gasteiger partial charge in [0, 0.05) is 6.54 Å². The Kier molecular flexibility index (Phi) is 3.23. The van der Waals surface area contributed by atoms with Crippen LogP contribution < -0.4 is 11.3 Å². The molecule has 0 spiro atoms. The molecule has 0 aliphatic rings. The molecule has 0 radical (unpaired) electrons. The number of hydrogen-bond donors (Lipinski definition) is 1. The summed E-state index contributed by atoms with van der Waals surface area (Å²) in [5.74, 6) is -0.329. The van der Waals surface area contributed by atoms with Gasteiger partial charge in [0.15, 0.2) is 0 Å². The van der Waals surface area contributed by atoms with Gasteiger partial charge in [-0.25, -0.2) is 9.07 Å². The summed E-state index contributed by atoms with van der Waals surface area (Å²) in [6.07, 6.45) is 0.885. The van der Waals surface area contributed by atoms with Crippen molar-refractivity contribution in [1.29, 1.82) is 0 Å². The maximum absolute atomic E-state index is 12.9. The zero-order valence-electron chi connectivity index (χ0n) is 10.5. The van der Waals surface area contributed by atoms with Crippen LogP contribution in [0.2, 0.25) is 0 Å². The van der Waals surface area contributed by atoms with Crippen molar-refractivity contribution in [3.05, 3.63) is 46.1 Å². The van der Waals surface area contributed by atoms with Crippen LogP contribution in [0.4, 0.5) is 10.1 Å². The SMILES string of the molecule is CCCn1c(C)c(N)c(=O)n1-c1ccc(F)cc1. The fourth-order valence-corrected chi connectivity index (χ4v) is 1.99. The average molecular weight is 249 g/mol. The van der Waals surface area contributed by atoms with Crippen molar-refractivity contribution in [2.75, 3.05) is 5.73 Å². The minimum atomic E-state index is -0.329. The number of nitrogens with two attached hydrogens (primary N) is 1. The van der Waals surface area contributed by atoms with Crippen LogP contribution in [0.15, 0.2) is 29.1 Å². The number of nitrogens with zero attached hydrogens (tertiary/aromatic N) is 2. The summed E-state index contributed by atoms with van der Waals surface area (Å²) in [6, 6.07) is 5.80. The van der Waals surface area contributed by atoms with Crippen molar-refractivity contribution >= 4 is 5.69 Å². The minimum Gasteiger partial charge on any atom is -0.393 e. The molecule has 96 valence electrons. The second-order valence-electron chi connectivity index (χ2n) is 4.22. The molecule has 0 unspecified atom stereocenters. The molecule has 18 heavy (non-hydrogen) atoms. The zero-order chi connectivity index (χ0) is 13.3. The molecule has 0 aliphatic heterocycles. The second kappa shape index (κ2) is 4.68. The molecule has 2 N–H and O–H groups in total. The number of halogens is 1. The molecular weight excluding hydrogens is 233 g/mol. The Morgan fingerprint density at radius 2 is 1.89 bits per heavy atom. The quantitative estimate of drug-likeness (QED) is 0.905. The number of hydrogen-bond acceptors (Lipinski definition) is 2. The normalized spacial score (nSPS) is 10.8. The fourth-order valence-electron chi connectivity index (χ4n) is 1.99. The van der Waals surface area contributed by atoms with Crippen LogP contribution in [-0.4, -0.2) is 9.36 Å². The lowest BCUT2D eigenvalue weighted by Crippen LogP contribution is -2.22. The highest BCUT2D eigenvalue weighted by Gasteiger charge is 2.14. The zero-order valence-corrected chi connectivity index (χ0v) is 10.5. The number of benzene rings is 1. The molecule has 0 saturated carbocycles. The van der Waals surface area contributed by atoms with E-state index in [2.05, 4.69) is 0 Å². The van der Waals surface area contributed by atoms with Crippen LogP contribution in [0.3, 0.4) is 0 Å². The highest BCUT2D eigenvalue weighted by molar-refractivity contribution is 5.44. The molecule has 1 aromatic carbocycles. The molecule has 0 aliphatic carbocycles. The van der Waals surface area contributed by atoms with Crippen molar-refractivity contribution in [2.24, 2.45) is 0 Å². The lowest BCUT2D eigenvalue weighted by Gasteiger charge is -2.12. The van der Waals surface area contributed by atoms with E-state index in [0.29, 0.717) is 12.2 Å². The van der Waals surface area contributed by atoms with E-state index >= 15 is 0 Å². The minimum absolute atomic E-state index is 0.243. The van der Waals surface area contributed by atoms with Gasteiger partial charge < -0.3 is 5.73 Å². The van der Waals surface area contributed by atoms with E-state index in [1.165, 1.54) is 16.8 Å². The number of aromatic nitrogens is 2. The summed E-state index contributed by atoms with van der Waals surface area (Å²) in [7, 11) is 0. The maximum Gasteiger partial charge on any atom is 0.294 e. The van der Waals surface area contributed by atoms with Gasteiger partial charge in [0.25, 0.3) is 5.56 Å². The van der Waals surface area contributed by atoms with E-state index in [4.69, 9.17) is 5.73 Å². The molecule has 4 nitrogen and oxygen atoms in total. The van der Waals surface area contributed by atoms with Crippen LogP contribution in [0.5, 0.6) is 0 Å². The van der Waals surface area contributed by atoms with Crippen LogP contribution >= 0.6 is 0 Å². The van der Waals surface area contributed by atoms with E-state index in [1.807, 2.05) is 18.5 Å². The van der Waals surface area contributed by atoms with Gasteiger partial charge in [0.1, 0.15) is 11.5 Å². The monoisotopic (exact) mass is 249 g/mol. The number of anilines is 1. The molecule has 5 heteroatoms. The Bertz CT molecular complexity index is 610. The Labute approximate surface area is 104 Å². The van der Waals surface area contributed by atoms with Crippen molar-refractivity contribution in [2.45, 2.75) is 26.8 Å². The predicted molar refractivity (Wildman–Crippen MR) is 69.4 cm³/mol. The summed E-state index contributed by atoms with van der Waals surface area (Å²) in [6.45, 7) is 4.52. The molecule has 0 atom stereocenters. The van der Waals surface area contributed by atoms with Crippen molar-refractivity contribution in [1.82, 2.24) is 9.36 Å². The smallest absolute Gasteiger partial charge is 0.294 e. The topological polar surface area (TPSA) is 52.9 Å². The molecule has 1 heterocycles.